The van der Waals surface area contributed by atoms with E-state index in [1.807, 2.05) is 0 Å². The Bertz CT molecular complexity index is 719. The van der Waals surface area contributed by atoms with Crippen molar-refractivity contribution in [2.24, 2.45) is 5.92 Å². The van der Waals surface area contributed by atoms with Gasteiger partial charge in [-0.05, 0) is 30.7 Å². The lowest BCUT2D eigenvalue weighted by molar-refractivity contribution is -0.128. The zero-order valence-corrected chi connectivity index (χ0v) is 14.6. The molecule has 2 heterocycles. The van der Waals surface area contributed by atoms with Crippen molar-refractivity contribution in [2.45, 2.75) is 25.8 Å². The number of hydrogen-bond donors (Lipinski definition) is 2. The van der Waals surface area contributed by atoms with Crippen LogP contribution in [0.25, 0.3) is 0 Å². The highest BCUT2D eigenvalue weighted by atomic mass is 32.2. The first-order valence-corrected chi connectivity index (χ1v) is 9.07. The van der Waals surface area contributed by atoms with Crippen LogP contribution in [0.5, 0.6) is 0 Å². The topological polar surface area (TPSA) is 95.6 Å². The molecule has 0 aromatic heterocycles. The van der Waals surface area contributed by atoms with E-state index in [2.05, 4.69) is 10.6 Å². The Morgan fingerprint density at radius 3 is 2.52 bits per heavy atom. The molecular weight excluding hydrogens is 342 g/mol. The number of nitrogens with zero attached hydrogens (tertiary/aromatic N) is 1. The third-order valence-corrected chi connectivity index (χ3v) is 5.26. The van der Waals surface area contributed by atoms with Crippen molar-refractivity contribution in [3.8, 4) is 0 Å². The predicted molar refractivity (Wildman–Crippen MR) is 95.2 cm³/mol. The van der Waals surface area contributed by atoms with Crippen molar-refractivity contribution >= 4 is 46.0 Å². The highest BCUT2D eigenvalue weighted by Crippen LogP contribution is 2.27. The first-order chi connectivity index (χ1) is 11.9. The van der Waals surface area contributed by atoms with Crippen LogP contribution in [0.2, 0.25) is 0 Å². The van der Waals surface area contributed by atoms with Crippen LogP contribution >= 0.6 is 11.8 Å². The summed E-state index contributed by atoms with van der Waals surface area (Å²) in [6.45, 7) is 1.72. The molecule has 2 saturated heterocycles. The van der Waals surface area contributed by atoms with E-state index in [4.69, 9.17) is 0 Å². The van der Waals surface area contributed by atoms with Crippen molar-refractivity contribution < 1.29 is 19.2 Å². The Morgan fingerprint density at radius 2 is 1.92 bits per heavy atom. The van der Waals surface area contributed by atoms with E-state index >= 15 is 0 Å². The van der Waals surface area contributed by atoms with Gasteiger partial charge in [0.1, 0.15) is 0 Å². The quantitative estimate of drug-likeness (QED) is 0.839. The van der Waals surface area contributed by atoms with Crippen LogP contribution in [0.3, 0.4) is 0 Å². The Kier molecular flexibility index (Phi) is 5.08. The van der Waals surface area contributed by atoms with Gasteiger partial charge in [-0.1, -0.05) is 11.8 Å². The van der Waals surface area contributed by atoms with Crippen LogP contribution in [0.4, 0.5) is 11.4 Å². The van der Waals surface area contributed by atoms with Gasteiger partial charge in [-0.25, -0.2) is 0 Å². The standard InChI is InChI=1S/C17H19N3O4S/c1-10(21)18-12-2-4-13(5-3-12)20-9-11(8-15(20)22)16(23)19-14-6-7-25-17(14)24/h2-5,11,14H,6-9H2,1H3,(H,18,21)(H,19,23). The van der Waals surface area contributed by atoms with Gasteiger partial charge in [0.25, 0.3) is 0 Å². The number of carbonyl (C=O) groups is 4. The van der Waals surface area contributed by atoms with Crippen LogP contribution in [-0.4, -0.2) is 41.2 Å². The van der Waals surface area contributed by atoms with E-state index in [9.17, 15) is 19.2 Å². The van der Waals surface area contributed by atoms with Gasteiger partial charge in [0.15, 0.2) is 0 Å². The molecule has 0 saturated carbocycles. The summed E-state index contributed by atoms with van der Waals surface area (Å²) in [5, 5.41) is 5.41. The largest absolute Gasteiger partial charge is 0.345 e. The Hall–Kier alpha value is -2.35. The van der Waals surface area contributed by atoms with E-state index in [0.29, 0.717) is 17.8 Å². The first-order valence-electron chi connectivity index (χ1n) is 8.09. The predicted octanol–water partition coefficient (Wildman–Crippen LogP) is 1.15. The van der Waals surface area contributed by atoms with Gasteiger partial charge in [0.2, 0.25) is 22.8 Å². The molecule has 2 aliphatic heterocycles. The number of carbonyl (C=O) groups excluding carboxylic acids is 4. The lowest BCUT2D eigenvalue weighted by Crippen LogP contribution is -2.41. The summed E-state index contributed by atoms with van der Waals surface area (Å²) in [6, 6.07) is 6.47. The highest BCUT2D eigenvalue weighted by molar-refractivity contribution is 8.14. The molecule has 0 aliphatic carbocycles. The molecular formula is C17H19N3O4S. The monoisotopic (exact) mass is 361 g/mol. The maximum absolute atomic E-state index is 12.3. The zero-order chi connectivity index (χ0) is 18.0. The molecule has 25 heavy (non-hydrogen) atoms. The van der Waals surface area contributed by atoms with Crippen LogP contribution in [0, 0.1) is 5.92 Å². The number of thioether (sulfide) groups is 1. The maximum atomic E-state index is 12.3. The molecule has 0 bridgehead atoms. The van der Waals surface area contributed by atoms with Gasteiger partial charge in [-0.15, -0.1) is 0 Å². The van der Waals surface area contributed by atoms with E-state index in [1.165, 1.54) is 18.7 Å². The first kappa shape index (κ1) is 17.5. The van der Waals surface area contributed by atoms with E-state index < -0.39 is 12.0 Å². The second kappa shape index (κ2) is 7.26. The van der Waals surface area contributed by atoms with Gasteiger partial charge in [0.05, 0.1) is 12.0 Å². The minimum atomic E-state index is -0.457. The van der Waals surface area contributed by atoms with Gasteiger partial charge in [-0.2, -0.15) is 0 Å². The minimum absolute atomic E-state index is 0.0110. The van der Waals surface area contributed by atoms with Crippen LogP contribution < -0.4 is 15.5 Å². The molecule has 0 spiro atoms. The summed E-state index contributed by atoms with van der Waals surface area (Å²) in [4.78, 5) is 48.8. The second-order valence-corrected chi connectivity index (χ2v) is 7.25. The SMILES string of the molecule is CC(=O)Nc1ccc(N2CC(C(=O)NC3CCSC3=O)CC2=O)cc1. The molecule has 0 radical (unpaired) electrons. The van der Waals surface area contributed by atoms with Crippen molar-refractivity contribution in [1.82, 2.24) is 5.32 Å². The third kappa shape index (κ3) is 4.01. The van der Waals surface area contributed by atoms with E-state index in [-0.39, 0.29) is 35.8 Å². The van der Waals surface area contributed by atoms with E-state index in [0.717, 1.165) is 5.75 Å². The lowest BCUT2D eigenvalue weighted by atomic mass is 10.1. The molecule has 2 aliphatic rings. The van der Waals surface area contributed by atoms with Crippen molar-refractivity contribution in [3.63, 3.8) is 0 Å². The summed E-state index contributed by atoms with van der Waals surface area (Å²) in [7, 11) is 0. The maximum Gasteiger partial charge on any atom is 0.227 e. The minimum Gasteiger partial charge on any atom is -0.345 e. The summed E-state index contributed by atoms with van der Waals surface area (Å²) in [6.07, 6.45) is 0.775. The number of anilines is 2. The van der Waals surface area contributed by atoms with Gasteiger partial charge in [0, 0.05) is 37.0 Å². The fourth-order valence-electron chi connectivity index (χ4n) is 2.98. The smallest absolute Gasteiger partial charge is 0.227 e. The normalized spacial score (nSPS) is 23.0. The number of amides is 3. The Labute approximate surface area is 149 Å². The van der Waals surface area contributed by atoms with Crippen LogP contribution in [-0.2, 0) is 19.2 Å². The molecule has 3 rings (SSSR count). The van der Waals surface area contributed by atoms with Crippen LogP contribution in [0.15, 0.2) is 24.3 Å². The lowest BCUT2D eigenvalue weighted by Gasteiger charge is -2.18. The van der Waals surface area contributed by atoms with Gasteiger partial charge in [-0.3, -0.25) is 19.2 Å². The second-order valence-electron chi connectivity index (χ2n) is 6.15. The zero-order valence-electron chi connectivity index (χ0n) is 13.8. The summed E-state index contributed by atoms with van der Waals surface area (Å²) < 4.78 is 0. The van der Waals surface area contributed by atoms with Crippen molar-refractivity contribution in [3.05, 3.63) is 24.3 Å². The van der Waals surface area contributed by atoms with Crippen molar-refractivity contribution in [2.75, 3.05) is 22.5 Å². The summed E-state index contributed by atoms with van der Waals surface area (Å²) in [5.74, 6) is -0.270. The molecule has 1 aromatic carbocycles. The fraction of sp³-hybridized carbons (Fsp3) is 0.412. The molecule has 132 valence electrons. The molecule has 2 fully saturated rings. The number of hydrogen-bond acceptors (Lipinski definition) is 5. The third-order valence-electron chi connectivity index (χ3n) is 4.25. The molecule has 3 amide bonds. The fourth-order valence-corrected chi connectivity index (χ4v) is 3.91. The average molecular weight is 361 g/mol. The number of rotatable bonds is 4. The molecule has 2 atom stereocenters. The summed E-state index contributed by atoms with van der Waals surface area (Å²) in [5.41, 5.74) is 1.33. The molecule has 2 unspecified atom stereocenters. The molecule has 8 heteroatoms. The van der Waals surface area contributed by atoms with Crippen molar-refractivity contribution in [1.29, 1.82) is 0 Å². The van der Waals surface area contributed by atoms with Gasteiger partial charge >= 0.3 is 0 Å². The van der Waals surface area contributed by atoms with Gasteiger partial charge < -0.3 is 15.5 Å². The van der Waals surface area contributed by atoms with E-state index in [1.54, 1.807) is 29.2 Å². The number of nitrogens with one attached hydrogen (secondary N) is 2. The molecule has 1 aromatic rings. The Morgan fingerprint density at radius 1 is 1.20 bits per heavy atom. The van der Waals surface area contributed by atoms with Crippen LogP contribution in [0.1, 0.15) is 19.8 Å². The Balaban J connectivity index is 1.62. The molecule has 7 nitrogen and oxygen atoms in total. The molecule has 2 N–H and O–H groups in total. The highest BCUT2D eigenvalue weighted by Gasteiger charge is 2.37. The number of benzene rings is 1. The average Bonchev–Trinajstić information content (AvgIpc) is 3.14. The summed E-state index contributed by atoms with van der Waals surface area (Å²) >= 11 is 1.23.